The van der Waals surface area contributed by atoms with Crippen LogP contribution in [0.4, 0.5) is 0 Å². The lowest BCUT2D eigenvalue weighted by Crippen LogP contribution is -2.36. The van der Waals surface area contributed by atoms with E-state index in [4.69, 9.17) is 0 Å². The van der Waals surface area contributed by atoms with E-state index < -0.39 is 7.94 Å². The van der Waals surface area contributed by atoms with Crippen molar-refractivity contribution < 1.29 is 14.7 Å². The molecule has 3 nitrogen and oxygen atoms in total. The van der Waals surface area contributed by atoms with Crippen molar-refractivity contribution in [3.05, 3.63) is 0 Å². The highest BCUT2D eigenvalue weighted by atomic mass is 31.2. The van der Waals surface area contributed by atoms with Gasteiger partial charge in [-0.15, -0.1) is 0 Å². The van der Waals surface area contributed by atoms with Gasteiger partial charge in [0.1, 0.15) is 6.16 Å². The average molecular weight is 360 g/mol. The van der Waals surface area contributed by atoms with Crippen molar-refractivity contribution in [1.29, 1.82) is 0 Å². The van der Waals surface area contributed by atoms with E-state index in [2.05, 4.69) is 13.8 Å². The first-order valence-electron chi connectivity index (χ1n) is 10.5. The van der Waals surface area contributed by atoms with Crippen LogP contribution in [-0.2, 0) is 0 Å². The van der Waals surface area contributed by atoms with Gasteiger partial charge < -0.3 is 0 Å². The van der Waals surface area contributed by atoms with E-state index in [-0.39, 0.29) is 6.16 Å². The highest BCUT2D eigenvalue weighted by Crippen LogP contribution is 2.50. The van der Waals surface area contributed by atoms with E-state index in [1.54, 1.807) is 0 Å². The monoisotopic (exact) mass is 359 g/mol. The molecule has 4 heteroatoms. The fraction of sp³-hybridized carbons (Fsp3) is 1.00. The van der Waals surface area contributed by atoms with Gasteiger partial charge in [-0.05, 0) is 55.3 Å². The molecule has 2 saturated carbocycles. The predicted octanol–water partition coefficient (Wildman–Crippen LogP) is 5.56. The summed E-state index contributed by atoms with van der Waals surface area (Å²) in [6.07, 6.45) is 15.7. The van der Waals surface area contributed by atoms with Gasteiger partial charge in [-0.25, -0.2) is 0 Å². The zero-order chi connectivity index (χ0) is 17.6. The zero-order valence-corrected chi connectivity index (χ0v) is 16.8. The Labute approximate surface area is 149 Å². The molecule has 0 amide bonds. The molecular weight excluding hydrogens is 319 g/mol. The molecule has 0 heterocycles. The lowest BCUT2D eigenvalue weighted by molar-refractivity contribution is 0.0509. The van der Waals surface area contributed by atoms with E-state index in [9.17, 15) is 14.7 Å². The molecule has 2 rings (SSSR count). The largest absolute Gasteiger partial charge is 0.403 e. The van der Waals surface area contributed by atoms with Crippen molar-refractivity contribution in [2.45, 2.75) is 90.9 Å². The Balaban J connectivity index is 2.10. The number of hydrogen-bond acceptors (Lipinski definition) is 3. The van der Waals surface area contributed by atoms with Gasteiger partial charge in [-0.2, -0.15) is 14.7 Å². The molecule has 2 fully saturated rings. The lowest BCUT2D eigenvalue weighted by atomic mass is 9.60. The minimum atomic E-state index is -3.60. The van der Waals surface area contributed by atoms with Gasteiger partial charge in [0.2, 0.25) is 0 Å². The van der Waals surface area contributed by atoms with Crippen LogP contribution in [0.2, 0.25) is 0 Å². The van der Waals surface area contributed by atoms with Crippen LogP contribution in [0, 0.1) is 29.6 Å². The summed E-state index contributed by atoms with van der Waals surface area (Å²) in [6.45, 7) is 4.70. The standard InChI is InChI=1S/C20H40O3P/c1-3-16-10-5-7-12-18(16)20(14-9-15-24(21,22)23)19-13-8-6-11-17(19)4-2/h16-23H,3-15H2,1-2H3/q+1. The molecule has 4 unspecified atom stereocenters. The van der Waals surface area contributed by atoms with Gasteiger partial charge >= 0.3 is 7.94 Å². The molecule has 0 aromatic carbocycles. The summed E-state index contributed by atoms with van der Waals surface area (Å²) >= 11 is 0. The van der Waals surface area contributed by atoms with Crippen LogP contribution < -0.4 is 0 Å². The third kappa shape index (κ3) is 5.94. The summed E-state index contributed by atoms with van der Waals surface area (Å²) in [6, 6.07) is 0. The fourth-order valence-corrected chi connectivity index (χ4v) is 6.51. The van der Waals surface area contributed by atoms with Crippen LogP contribution >= 0.6 is 7.94 Å². The third-order valence-corrected chi connectivity index (χ3v) is 8.00. The molecule has 3 N–H and O–H groups in total. The molecule has 0 aliphatic heterocycles. The van der Waals surface area contributed by atoms with Crippen LogP contribution in [-0.4, -0.2) is 20.8 Å². The minimum absolute atomic E-state index is 0.191. The van der Waals surface area contributed by atoms with Crippen molar-refractivity contribution in [2.24, 2.45) is 29.6 Å². The summed E-state index contributed by atoms with van der Waals surface area (Å²) in [7, 11) is -3.60. The molecule has 0 aromatic heterocycles. The van der Waals surface area contributed by atoms with Gasteiger partial charge in [0.25, 0.3) is 0 Å². The van der Waals surface area contributed by atoms with E-state index in [0.29, 0.717) is 0 Å². The fourth-order valence-electron chi connectivity index (χ4n) is 5.90. The molecule has 0 aromatic rings. The van der Waals surface area contributed by atoms with Crippen LogP contribution in [0.25, 0.3) is 0 Å². The molecule has 0 bridgehead atoms. The molecule has 142 valence electrons. The van der Waals surface area contributed by atoms with Gasteiger partial charge in [0.05, 0.1) is 0 Å². The van der Waals surface area contributed by atoms with Gasteiger partial charge in [-0.3, -0.25) is 0 Å². The van der Waals surface area contributed by atoms with Crippen LogP contribution in [0.1, 0.15) is 90.9 Å². The first-order chi connectivity index (χ1) is 11.5. The lowest BCUT2D eigenvalue weighted by Gasteiger charge is -2.45. The summed E-state index contributed by atoms with van der Waals surface area (Å²) in [5.74, 6) is 4.10. The maximum atomic E-state index is 9.37. The molecule has 24 heavy (non-hydrogen) atoms. The van der Waals surface area contributed by atoms with Crippen molar-refractivity contribution in [3.63, 3.8) is 0 Å². The van der Waals surface area contributed by atoms with Crippen molar-refractivity contribution in [3.8, 4) is 0 Å². The zero-order valence-electron chi connectivity index (χ0n) is 15.9. The second-order valence-corrected chi connectivity index (χ2v) is 10.3. The summed E-state index contributed by atoms with van der Waals surface area (Å²) < 4.78 is 0. The predicted molar refractivity (Wildman–Crippen MR) is 103 cm³/mol. The average Bonchev–Trinajstić information content (AvgIpc) is 2.58. The first-order valence-corrected chi connectivity index (χ1v) is 12.4. The van der Waals surface area contributed by atoms with E-state index >= 15 is 0 Å². The van der Waals surface area contributed by atoms with Gasteiger partial charge in [0, 0.05) is 0 Å². The normalized spacial score (nSPS) is 33.4. The molecule has 0 radical (unpaired) electrons. The Morgan fingerprint density at radius 2 is 1.25 bits per heavy atom. The summed E-state index contributed by atoms with van der Waals surface area (Å²) in [5.41, 5.74) is 0. The van der Waals surface area contributed by atoms with E-state index in [0.717, 1.165) is 42.4 Å². The van der Waals surface area contributed by atoms with Crippen LogP contribution in [0.15, 0.2) is 0 Å². The maximum Gasteiger partial charge on any atom is 0.403 e. The first kappa shape index (κ1) is 20.6. The van der Waals surface area contributed by atoms with E-state index in [1.807, 2.05) is 0 Å². The van der Waals surface area contributed by atoms with Crippen molar-refractivity contribution in [2.75, 3.05) is 6.16 Å². The topological polar surface area (TPSA) is 60.7 Å². The minimum Gasteiger partial charge on any atom is -0.193 e. The smallest absolute Gasteiger partial charge is 0.193 e. The Morgan fingerprint density at radius 3 is 1.67 bits per heavy atom. The van der Waals surface area contributed by atoms with E-state index in [1.165, 1.54) is 64.2 Å². The molecule has 0 saturated heterocycles. The van der Waals surface area contributed by atoms with Crippen LogP contribution in [0.3, 0.4) is 0 Å². The quantitative estimate of drug-likeness (QED) is 0.498. The Kier molecular flexibility index (Phi) is 8.47. The van der Waals surface area contributed by atoms with Crippen molar-refractivity contribution in [1.82, 2.24) is 0 Å². The second-order valence-electron chi connectivity index (χ2n) is 8.46. The molecule has 0 spiro atoms. The number of hydrogen-bond donors (Lipinski definition) is 3. The van der Waals surface area contributed by atoms with Crippen molar-refractivity contribution >= 4 is 7.94 Å². The molecule has 2 aliphatic carbocycles. The molecule has 2 aliphatic rings. The Bertz CT molecular complexity index is 331. The SMILES string of the molecule is CCC1CCCCC1C(CCC[P+](O)(O)O)C1CCCCC1CC. The molecular formula is C20H40O3P+. The Morgan fingerprint density at radius 1 is 0.792 bits per heavy atom. The maximum absolute atomic E-state index is 9.37. The van der Waals surface area contributed by atoms with Crippen LogP contribution in [0.5, 0.6) is 0 Å². The summed E-state index contributed by atoms with van der Waals surface area (Å²) in [4.78, 5) is 28.1. The third-order valence-electron chi connectivity index (χ3n) is 7.08. The Hall–Kier alpha value is 0.310. The second kappa shape index (κ2) is 9.86. The van der Waals surface area contributed by atoms with Gasteiger partial charge in [-0.1, -0.05) is 65.2 Å². The summed E-state index contributed by atoms with van der Waals surface area (Å²) in [5, 5.41) is 0. The molecule has 4 atom stereocenters. The highest BCUT2D eigenvalue weighted by Gasteiger charge is 2.39. The van der Waals surface area contributed by atoms with Gasteiger partial charge in [0.15, 0.2) is 0 Å². The number of rotatable bonds is 8. The highest BCUT2D eigenvalue weighted by molar-refractivity contribution is 7.58.